The molecule has 4 unspecified atom stereocenters. The maximum absolute atomic E-state index is 14.4. The highest BCUT2D eigenvalue weighted by molar-refractivity contribution is 6.00. The van der Waals surface area contributed by atoms with Crippen molar-refractivity contribution in [2.45, 2.75) is 99.4 Å². The molecule has 1 saturated carbocycles. The van der Waals surface area contributed by atoms with E-state index in [-0.39, 0.29) is 29.7 Å². The minimum absolute atomic E-state index is 0.118. The van der Waals surface area contributed by atoms with E-state index in [4.69, 9.17) is 4.74 Å². The zero-order chi connectivity index (χ0) is 29.2. The van der Waals surface area contributed by atoms with Crippen LogP contribution < -0.4 is 10.6 Å². The summed E-state index contributed by atoms with van der Waals surface area (Å²) in [5.74, 6) is -0.535. The second-order valence-corrected chi connectivity index (χ2v) is 12.4. The van der Waals surface area contributed by atoms with Crippen molar-refractivity contribution in [3.63, 3.8) is 0 Å². The van der Waals surface area contributed by atoms with Gasteiger partial charge in [0.05, 0.1) is 0 Å². The van der Waals surface area contributed by atoms with Crippen molar-refractivity contribution >= 4 is 23.6 Å². The lowest BCUT2D eigenvalue weighted by Gasteiger charge is -2.37. The molecule has 1 fully saturated rings. The van der Waals surface area contributed by atoms with Gasteiger partial charge in [0.25, 0.3) is 5.91 Å². The maximum atomic E-state index is 14.4. The summed E-state index contributed by atoms with van der Waals surface area (Å²) in [6.07, 6.45) is 0.141. The van der Waals surface area contributed by atoms with Crippen molar-refractivity contribution in [1.82, 2.24) is 10.2 Å². The van der Waals surface area contributed by atoms with E-state index in [1.807, 2.05) is 77.9 Å². The largest absolute Gasteiger partial charge is 0.444 e. The normalized spacial score (nSPS) is 18.2. The second kappa shape index (κ2) is 11.8. The Morgan fingerprint density at radius 2 is 1.56 bits per heavy atom. The fourth-order valence-corrected chi connectivity index (χ4v) is 4.96. The van der Waals surface area contributed by atoms with E-state index in [9.17, 15) is 14.4 Å². The number of amides is 3. The van der Waals surface area contributed by atoms with Crippen molar-refractivity contribution in [2.24, 2.45) is 11.8 Å². The molecular formula is C32H45N3O4. The van der Waals surface area contributed by atoms with Crippen LogP contribution in [0, 0.1) is 39.5 Å². The van der Waals surface area contributed by atoms with Gasteiger partial charge in [0.15, 0.2) is 0 Å². The molecule has 7 nitrogen and oxygen atoms in total. The zero-order valence-corrected chi connectivity index (χ0v) is 25.1. The number of ether oxygens (including phenoxy) is 1. The Hall–Kier alpha value is -3.35. The van der Waals surface area contributed by atoms with Crippen LogP contribution in [0.15, 0.2) is 36.4 Å². The number of hydrogen-bond acceptors (Lipinski definition) is 4. The lowest BCUT2D eigenvalue weighted by molar-refractivity contribution is -0.142. The average Bonchev–Trinajstić information content (AvgIpc) is 3.53. The SMILES string of the molecule is Cc1ccc(C)c(C(C(=O)Nc2c(C)cccc2C)N(C(=O)C(NC(=O)OC(C)(C)C)C(C)C)C2CC2C)c1. The van der Waals surface area contributed by atoms with Crippen molar-refractivity contribution in [3.8, 4) is 0 Å². The molecule has 0 saturated heterocycles. The minimum atomic E-state index is -0.868. The lowest BCUT2D eigenvalue weighted by Crippen LogP contribution is -2.55. The number of nitrogens with one attached hydrogen (secondary N) is 2. The van der Waals surface area contributed by atoms with Gasteiger partial charge >= 0.3 is 6.09 Å². The van der Waals surface area contributed by atoms with Gasteiger partial charge in [0.2, 0.25) is 5.91 Å². The molecular weight excluding hydrogens is 490 g/mol. The Labute approximate surface area is 233 Å². The Balaban J connectivity index is 2.10. The molecule has 4 atom stereocenters. The van der Waals surface area contributed by atoms with Crippen LogP contribution in [-0.4, -0.2) is 40.5 Å². The molecule has 0 heterocycles. The average molecular weight is 536 g/mol. The first-order chi connectivity index (χ1) is 18.1. The molecule has 0 aliphatic heterocycles. The fourth-order valence-electron chi connectivity index (χ4n) is 4.96. The number of benzene rings is 2. The Morgan fingerprint density at radius 1 is 0.974 bits per heavy atom. The predicted molar refractivity (Wildman–Crippen MR) is 156 cm³/mol. The Kier molecular flexibility index (Phi) is 9.14. The van der Waals surface area contributed by atoms with Crippen LogP contribution in [0.2, 0.25) is 0 Å². The van der Waals surface area contributed by atoms with Crippen molar-refractivity contribution in [1.29, 1.82) is 0 Å². The lowest BCUT2D eigenvalue weighted by atomic mass is 9.94. The number of nitrogens with zero attached hydrogens (tertiary/aromatic N) is 1. The van der Waals surface area contributed by atoms with Gasteiger partial charge in [-0.3, -0.25) is 9.59 Å². The molecule has 7 heteroatoms. The van der Waals surface area contributed by atoms with Crippen LogP contribution in [0.25, 0.3) is 0 Å². The van der Waals surface area contributed by atoms with Gasteiger partial charge in [-0.25, -0.2) is 4.79 Å². The third-order valence-corrected chi connectivity index (χ3v) is 7.27. The summed E-state index contributed by atoms with van der Waals surface area (Å²) >= 11 is 0. The first kappa shape index (κ1) is 30.2. The molecule has 0 bridgehead atoms. The number of rotatable bonds is 8. The van der Waals surface area contributed by atoms with Crippen molar-refractivity contribution in [3.05, 3.63) is 64.2 Å². The molecule has 212 valence electrons. The fraction of sp³-hybridized carbons (Fsp3) is 0.531. The molecule has 39 heavy (non-hydrogen) atoms. The highest BCUT2D eigenvalue weighted by atomic mass is 16.6. The van der Waals surface area contributed by atoms with Crippen molar-refractivity contribution in [2.75, 3.05) is 5.32 Å². The van der Waals surface area contributed by atoms with E-state index >= 15 is 0 Å². The molecule has 1 aliphatic rings. The van der Waals surface area contributed by atoms with E-state index in [1.54, 1.807) is 25.7 Å². The first-order valence-corrected chi connectivity index (χ1v) is 13.9. The van der Waals surface area contributed by atoms with Gasteiger partial charge < -0.3 is 20.3 Å². The predicted octanol–water partition coefficient (Wildman–Crippen LogP) is 6.39. The van der Waals surface area contributed by atoms with Crippen LogP contribution >= 0.6 is 0 Å². The highest BCUT2D eigenvalue weighted by Gasteiger charge is 2.49. The van der Waals surface area contributed by atoms with Gasteiger partial charge in [-0.15, -0.1) is 0 Å². The minimum Gasteiger partial charge on any atom is -0.444 e. The summed E-state index contributed by atoms with van der Waals surface area (Å²) in [6.45, 7) is 19.1. The number of carbonyl (C=O) groups is 3. The topological polar surface area (TPSA) is 87.7 Å². The zero-order valence-electron chi connectivity index (χ0n) is 25.1. The van der Waals surface area contributed by atoms with Crippen LogP contribution in [0.1, 0.15) is 81.8 Å². The number of alkyl carbamates (subject to hydrolysis) is 1. The molecule has 2 aromatic rings. The monoisotopic (exact) mass is 535 g/mol. The van der Waals surface area contributed by atoms with Gasteiger partial charge in [-0.05, 0) is 89.0 Å². The van der Waals surface area contributed by atoms with Gasteiger partial charge in [0, 0.05) is 11.7 Å². The van der Waals surface area contributed by atoms with E-state index < -0.39 is 23.8 Å². The van der Waals surface area contributed by atoms with Crippen LogP contribution in [0.4, 0.5) is 10.5 Å². The smallest absolute Gasteiger partial charge is 0.408 e. The van der Waals surface area contributed by atoms with E-state index in [0.29, 0.717) is 0 Å². The molecule has 3 amide bonds. The number of hydrogen-bond donors (Lipinski definition) is 2. The van der Waals surface area contributed by atoms with E-state index in [2.05, 4.69) is 17.6 Å². The van der Waals surface area contributed by atoms with Gasteiger partial charge in [-0.2, -0.15) is 0 Å². The number of aryl methyl sites for hydroxylation is 4. The Morgan fingerprint density at radius 3 is 2.08 bits per heavy atom. The van der Waals surface area contributed by atoms with Crippen LogP contribution in [-0.2, 0) is 14.3 Å². The Bertz CT molecular complexity index is 1210. The summed E-state index contributed by atoms with van der Waals surface area (Å²) in [7, 11) is 0. The van der Waals surface area contributed by atoms with Crippen LogP contribution in [0.5, 0.6) is 0 Å². The molecule has 0 spiro atoms. The molecule has 2 N–H and O–H groups in total. The molecule has 3 rings (SSSR count). The van der Waals surface area contributed by atoms with Gasteiger partial charge in [-0.1, -0.05) is 62.7 Å². The van der Waals surface area contributed by atoms with Crippen LogP contribution in [0.3, 0.4) is 0 Å². The molecule has 0 radical (unpaired) electrons. The standard InChI is InChI=1S/C32H45N3O4/c1-18(2)26(34-31(38)39-32(8,9)10)30(37)35(25-17-23(25)7)28(24-16-19(3)14-15-20(24)4)29(36)33-27-21(5)12-11-13-22(27)6/h11-16,18,23,25-26,28H,17H2,1-10H3,(H,33,36)(H,34,38). The van der Waals surface area contributed by atoms with Gasteiger partial charge in [0.1, 0.15) is 17.7 Å². The van der Waals surface area contributed by atoms with Crippen molar-refractivity contribution < 1.29 is 19.1 Å². The number of para-hydroxylation sites is 1. The summed E-state index contributed by atoms with van der Waals surface area (Å²) in [6, 6.07) is 10.0. The summed E-state index contributed by atoms with van der Waals surface area (Å²) in [5.41, 5.74) is 4.66. The third-order valence-electron chi connectivity index (χ3n) is 7.27. The summed E-state index contributed by atoms with van der Waals surface area (Å²) in [4.78, 5) is 43.1. The molecule has 0 aromatic heterocycles. The van der Waals surface area contributed by atoms with E-state index in [1.165, 1.54) is 0 Å². The third kappa shape index (κ3) is 7.40. The number of anilines is 1. The maximum Gasteiger partial charge on any atom is 0.408 e. The molecule has 1 aliphatic carbocycles. The molecule has 2 aromatic carbocycles. The summed E-state index contributed by atoms with van der Waals surface area (Å²) < 4.78 is 5.48. The van der Waals surface area contributed by atoms with E-state index in [0.717, 1.165) is 39.9 Å². The number of carbonyl (C=O) groups excluding carboxylic acids is 3. The first-order valence-electron chi connectivity index (χ1n) is 13.9. The second-order valence-electron chi connectivity index (χ2n) is 12.4. The summed E-state index contributed by atoms with van der Waals surface area (Å²) in [5, 5.41) is 5.96. The quantitative estimate of drug-likeness (QED) is 0.410. The highest BCUT2D eigenvalue weighted by Crippen LogP contribution is 2.42.